The molecular formula is C9H14F3N3O. The molecular weight excluding hydrogens is 223 g/mol. The third kappa shape index (κ3) is 2.46. The Hall–Kier alpha value is -1.24. The predicted molar refractivity (Wildman–Crippen MR) is 52.2 cm³/mol. The molecule has 0 bridgehead atoms. The maximum atomic E-state index is 12.8. The summed E-state index contributed by atoms with van der Waals surface area (Å²) in [6.07, 6.45) is -3.11. The summed E-state index contributed by atoms with van der Waals surface area (Å²) in [6, 6.07) is -1.76. The molecule has 0 aliphatic heterocycles. The first kappa shape index (κ1) is 12.8. The Kier molecular flexibility index (Phi) is 3.79. The Morgan fingerprint density at radius 3 is 2.62 bits per heavy atom. The van der Waals surface area contributed by atoms with Gasteiger partial charge in [-0.15, -0.1) is 0 Å². The van der Waals surface area contributed by atoms with Crippen LogP contribution < -0.4 is 10.1 Å². The fourth-order valence-electron chi connectivity index (χ4n) is 1.48. The number of hydrogen-bond acceptors (Lipinski definition) is 3. The fourth-order valence-corrected chi connectivity index (χ4v) is 1.48. The fraction of sp³-hybridized carbons (Fsp3) is 0.667. The topological polar surface area (TPSA) is 39.1 Å². The standard InChI is InChI=1S/C9H14F3N3O/c1-4-13-8(9(10,11)12)7-6(16-3)5-14-15(7)2/h5,8,13H,4H2,1-3H3. The van der Waals surface area contributed by atoms with E-state index in [2.05, 4.69) is 10.4 Å². The molecule has 0 saturated carbocycles. The second-order valence-corrected chi connectivity index (χ2v) is 3.25. The Morgan fingerprint density at radius 2 is 2.19 bits per heavy atom. The summed E-state index contributed by atoms with van der Waals surface area (Å²) >= 11 is 0. The zero-order chi connectivity index (χ0) is 12.3. The van der Waals surface area contributed by atoms with Gasteiger partial charge in [0.25, 0.3) is 0 Å². The van der Waals surface area contributed by atoms with E-state index in [1.807, 2.05) is 0 Å². The van der Waals surface area contributed by atoms with Crippen LogP contribution in [0.5, 0.6) is 5.75 Å². The normalized spacial score (nSPS) is 13.9. The molecule has 7 heteroatoms. The first-order chi connectivity index (χ1) is 7.41. The van der Waals surface area contributed by atoms with Gasteiger partial charge in [0.05, 0.1) is 13.3 Å². The molecule has 0 aromatic carbocycles. The minimum Gasteiger partial charge on any atom is -0.493 e. The van der Waals surface area contributed by atoms with Crippen LogP contribution in [0.3, 0.4) is 0 Å². The molecule has 0 aliphatic carbocycles. The summed E-state index contributed by atoms with van der Waals surface area (Å²) < 4.78 is 44.5. The van der Waals surface area contributed by atoms with E-state index in [9.17, 15) is 13.2 Å². The number of rotatable bonds is 4. The summed E-state index contributed by atoms with van der Waals surface area (Å²) in [6.45, 7) is 1.82. The van der Waals surface area contributed by atoms with Crippen molar-refractivity contribution < 1.29 is 17.9 Å². The number of halogens is 3. The van der Waals surface area contributed by atoms with Crippen molar-refractivity contribution in [3.05, 3.63) is 11.9 Å². The highest BCUT2D eigenvalue weighted by molar-refractivity contribution is 5.29. The molecule has 1 unspecified atom stereocenters. The maximum absolute atomic E-state index is 12.8. The average Bonchev–Trinajstić information content (AvgIpc) is 2.54. The van der Waals surface area contributed by atoms with Gasteiger partial charge in [-0.3, -0.25) is 4.68 Å². The lowest BCUT2D eigenvalue weighted by atomic mass is 10.2. The summed E-state index contributed by atoms with van der Waals surface area (Å²) in [5.74, 6) is 0.130. The van der Waals surface area contributed by atoms with E-state index in [0.29, 0.717) is 0 Å². The SMILES string of the molecule is CCNC(c1c(OC)cnn1C)C(F)(F)F. The number of methoxy groups -OCH3 is 1. The molecule has 1 N–H and O–H groups in total. The van der Waals surface area contributed by atoms with Crippen LogP contribution in [0.1, 0.15) is 18.7 Å². The van der Waals surface area contributed by atoms with Crippen molar-refractivity contribution in [1.82, 2.24) is 15.1 Å². The largest absolute Gasteiger partial charge is 0.493 e. The molecule has 4 nitrogen and oxygen atoms in total. The van der Waals surface area contributed by atoms with Crippen molar-refractivity contribution in [3.63, 3.8) is 0 Å². The van der Waals surface area contributed by atoms with E-state index in [0.717, 1.165) is 0 Å². The van der Waals surface area contributed by atoms with E-state index < -0.39 is 12.2 Å². The highest BCUT2D eigenvalue weighted by Crippen LogP contribution is 2.36. The van der Waals surface area contributed by atoms with Gasteiger partial charge in [0.15, 0.2) is 5.75 Å². The van der Waals surface area contributed by atoms with Crippen molar-refractivity contribution in [2.24, 2.45) is 7.05 Å². The van der Waals surface area contributed by atoms with E-state index in [1.165, 1.54) is 25.0 Å². The maximum Gasteiger partial charge on any atom is 0.409 e. The Bertz CT molecular complexity index is 348. The number of nitrogens with zero attached hydrogens (tertiary/aromatic N) is 2. The summed E-state index contributed by atoms with van der Waals surface area (Å²) in [5, 5.41) is 6.13. The molecule has 0 spiro atoms. The lowest BCUT2D eigenvalue weighted by molar-refractivity contribution is -0.159. The van der Waals surface area contributed by atoms with Crippen molar-refractivity contribution in [2.45, 2.75) is 19.1 Å². The average molecular weight is 237 g/mol. The second kappa shape index (κ2) is 4.73. The predicted octanol–water partition coefficient (Wildman–Crippen LogP) is 1.64. The number of alkyl halides is 3. The van der Waals surface area contributed by atoms with Crippen LogP contribution in [0, 0.1) is 0 Å². The molecule has 1 atom stereocenters. The zero-order valence-corrected chi connectivity index (χ0v) is 9.30. The highest BCUT2D eigenvalue weighted by Gasteiger charge is 2.43. The smallest absolute Gasteiger partial charge is 0.409 e. The van der Waals surface area contributed by atoms with Gasteiger partial charge < -0.3 is 10.1 Å². The number of aryl methyl sites for hydroxylation is 1. The third-order valence-corrected chi connectivity index (χ3v) is 2.18. The monoisotopic (exact) mass is 237 g/mol. The molecule has 16 heavy (non-hydrogen) atoms. The van der Waals surface area contributed by atoms with Crippen molar-refractivity contribution >= 4 is 0 Å². The van der Waals surface area contributed by atoms with E-state index in [4.69, 9.17) is 4.74 Å². The van der Waals surface area contributed by atoms with E-state index in [1.54, 1.807) is 6.92 Å². The lowest BCUT2D eigenvalue weighted by Gasteiger charge is -2.22. The molecule has 0 fully saturated rings. The summed E-state index contributed by atoms with van der Waals surface area (Å²) in [7, 11) is 2.77. The highest BCUT2D eigenvalue weighted by atomic mass is 19.4. The summed E-state index contributed by atoms with van der Waals surface area (Å²) in [4.78, 5) is 0. The van der Waals surface area contributed by atoms with E-state index >= 15 is 0 Å². The number of ether oxygens (including phenoxy) is 1. The van der Waals surface area contributed by atoms with Crippen LogP contribution in [-0.2, 0) is 7.05 Å². The van der Waals surface area contributed by atoms with Crippen LogP contribution >= 0.6 is 0 Å². The van der Waals surface area contributed by atoms with Gasteiger partial charge in [0.2, 0.25) is 0 Å². The Labute approximate surface area is 91.4 Å². The molecule has 1 rings (SSSR count). The van der Waals surface area contributed by atoms with Gasteiger partial charge in [-0.1, -0.05) is 6.92 Å². The molecule has 0 saturated heterocycles. The number of aromatic nitrogens is 2. The third-order valence-electron chi connectivity index (χ3n) is 2.18. The Balaban J connectivity index is 3.14. The van der Waals surface area contributed by atoms with Crippen LogP contribution in [0.15, 0.2) is 6.20 Å². The number of hydrogen-bond donors (Lipinski definition) is 1. The minimum absolute atomic E-state index is 0.0168. The van der Waals surface area contributed by atoms with Gasteiger partial charge in [-0.05, 0) is 6.54 Å². The molecule has 0 aliphatic rings. The van der Waals surface area contributed by atoms with Crippen LogP contribution in [-0.4, -0.2) is 29.6 Å². The molecule has 1 heterocycles. The van der Waals surface area contributed by atoms with Crippen LogP contribution in [0.2, 0.25) is 0 Å². The summed E-state index contributed by atoms with van der Waals surface area (Å²) in [5.41, 5.74) is -0.0168. The molecule has 1 aromatic heterocycles. The van der Waals surface area contributed by atoms with Gasteiger partial charge in [0, 0.05) is 7.05 Å². The first-order valence-corrected chi connectivity index (χ1v) is 4.77. The van der Waals surface area contributed by atoms with Gasteiger partial charge in [0.1, 0.15) is 11.7 Å². The van der Waals surface area contributed by atoms with Crippen molar-refractivity contribution in [1.29, 1.82) is 0 Å². The van der Waals surface area contributed by atoms with Gasteiger partial charge in [-0.2, -0.15) is 18.3 Å². The second-order valence-electron chi connectivity index (χ2n) is 3.25. The van der Waals surface area contributed by atoms with Crippen LogP contribution in [0.25, 0.3) is 0 Å². The minimum atomic E-state index is -4.38. The molecule has 92 valence electrons. The van der Waals surface area contributed by atoms with Gasteiger partial charge in [-0.25, -0.2) is 0 Å². The number of nitrogens with one attached hydrogen (secondary N) is 1. The first-order valence-electron chi connectivity index (χ1n) is 4.77. The van der Waals surface area contributed by atoms with Crippen LogP contribution in [0.4, 0.5) is 13.2 Å². The Morgan fingerprint density at radius 1 is 1.56 bits per heavy atom. The molecule has 0 amide bonds. The molecule has 0 radical (unpaired) electrons. The lowest BCUT2D eigenvalue weighted by Crippen LogP contribution is -2.35. The van der Waals surface area contributed by atoms with E-state index in [-0.39, 0.29) is 18.0 Å². The zero-order valence-electron chi connectivity index (χ0n) is 9.30. The van der Waals surface area contributed by atoms with Crippen molar-refractivity contribution in [2.75, 3.05) is 13.7 Å². The quantitative estimate of drug-likeness (QED) is 0.865. The van der Waals surface area contributed by atoms with Crippen molar-refractivity contribution in [3.8, 4) is 5.75 Å². The molecule has 1 aromatic rings. The van der Waals surface area contributed by atoms with Gasteiger partial charge >= 0.3 is 6.18 Å².